The molecule has 0 spiro atoms. The van der Waals surface area contributed by atoms with Crippen molar-refractivity contribution in [1.29, 1.82) is 0 Å². The van der Waals surface area contributed by atoms with Crippen LogP contribution in [0.25, 0.3) is 0 Å². The summed E-state index contributed by atoms with van der Waals surface area (Å²) in [7, 11) is 0. The van der Waals surface area contributed by atoms with E-state index in [4.69, 9.17) is 0 Å². The summed E-state index contributed by atoms with van der Waals surface area (Å²) in [6.07, 6.45) is 0.864. The van der Waals surface area contributed by atoms with E-state index < -0.39 is 17.6 Å². The van der Waals surface area contributed by atoms with Crippen LogP contribution < -0.4 is 5.32 Å². The van der Waals surface area contributed by atoms with Gasteiger partial charge in [0.25, 0.3) is 0 Å². The predicted molar refractivity (Wildman–Crippen MR) is 72.5 cm³/mol. The fourth-order valence-electron chi connectivity index (χ4n) is 3.32. The van der Waals surface area contributed by atoms with Crippen LogP contribution in [-0.4, -0.2) is 12.6 Å². The number of halogens is 4. The van der Waals surface area contributed by atoms with Crippen molar-refractivity contribution in [3.8, 4) is 0 Å². The first-order valence-corrected chi connectivity index (χ1v) is 7.55. The number of benzene rings is 1. The summed E-state index contributed by atoms with van der Waals surface area (Å²) in [6, 6.07) is 4.04. The van der Waals surface area contributed by atoms with Gasteiger partial charge in [-0.2, -0.15) is 13.2 Å². The Kier molecular flexibility index (Phi) is 3.95. The maximum atomic E-state index is 13.7. The van der Waals surface area contributed by atoms with E-state index in [0.717, 1.165) is 37.9 Å². The van der Waals surface area contributed by atoms with E-state index in [-0.39, 0.29) is 5.92 Å². The highest BCUT2D eigenvalue weighted by Crippen LogP contribution is 2.41. The normalized spacial score (nSPS) is 26.3. The quantitative estimate of drug-likeness (QED) is 0.809. The largest absolute Gasteiger partial charge is 0.419 e. The molecule has 2 aliphatic rings. The Morgan fingerprint density at radius 3 is 2.48 bits per heavy atom. The Bertz CT molecular complexity index is 507. The Labute approximate surface area is 121 Å². The van der Waals surface area contributed by atoms with Gasteiger partial charge in [0, 0.05) is 6.04 Å². The highest BCUT2D eigenvalue weighted by atomic mass is 19.4. The lowest BCUT2D eigenvalue weighted by Gasteiger charge is -2.21. The number of hydrogen-bond donors (Lipinski definition) is 1. The van der Waals surface area contributed by atoms with Gasteiger partial charge in [0.1, 0.15) is 5.82 Å². The summed E-state index contributed by atoms with van der Waals surface area (Å²) >= 11 is 0. The molecule has 0 aromatic heterocycles. The fourth-order valence-corrected chi connectivity index (χ4v) is 3.32. The summed E-state index contributed by atoms with van der Waals surface area (Å²) < 4.78 is 51.5. The molecule has 1 nitrogen and oxygen atoms in total. The first-order chi connectivity index (χ1) is 9.95. The molecule has 0 aliphatic heterocycles. The zero-order valence-electron chi connectivity index (χ0n) is 11.7. The van der Waals surface area contributed by atoms with Crippen LogP contribution in [0.3, 0.4) is 0 Å². The summed E-state index contributed by atoms with van der Waals surface area (Å²) in [4.78, 5) is 0. The van der Waals surface area contributed by atoms with Crippen LogP contribution in [0.1, 0.15) is 49.1 Å². The van der Waals surface area contributed by atoms with E-state index in [1.807, 2.05) is 0 Å². The molecular weight excluding hydrogens is 282 g/mol. The van der Waals surface area contributed by atoms with Crippen LogP contribution in [0.15, 0.2) is 18.2 Å². The van der Waals surface area contributed by atoms with Gasteiger partial charge in [-0.05, 0) is 61.8 Å². The maximum Gasteiger partial charge on any atom is 0.419 e. The third-order valence-electron chi connectivity index (χ3n) is 4.63. The van der Waals surface area contributed by atoms with Gasteiger partial charge in [0.2, 0.25) is 0 Å². The van der Waals surface area contributed by atoms with Gasteiger partial charge in [-0.15, -0.1) is 0 Å². The van der Waals surface area contributed by atoms with E-state index in [9.17, 15) is 17.6 Å². The molecule has 0 bridgehead atoms. The van der Waals surface area contributed by atoms with Gasteiger partial charge >= 0.3 is 6.18 Å². The summed E-state index contributed by atoms with van der Waals surface area (Å²) in [5.41, 5.74) is -0.461. The molecule has 21 heavy (non-hydrogen) atoms. The zero-order chi connectivity index (χ0) is 15.0. The van der Waals surface area contributed by atoms with E-state index in [1.54, 1.807) is 0 Å². The second-order valence-corrected chi connectivity index (χ2v) is 6.22. The highest BCUT2D eigenvalue weighted by molar-refractivity contribution is 5.30. The smallest absolute Gasteiger partial charge is 0.314 e. The Morgan fingerprint density at radius 2 is 1.86 bits per heavy atom. The Hall–Kier alpha value is -1.10. The average molecular weight is 301 g/mol. The molecule has 2 atom stereocenters. The molecule has 3 rings (SSSR count). The molecule has 2 aliphatic carbocycles. The van der Waals surface area contributed by atoms with Crippen molar-refractivity contribution in [2.75, 3.05) is 6.54 Å². The molecule has 2 unspecified atom stereocenters. The van der Waals surface area contributed by atoms with Crippen LogP contribution >= 0.6 is 0 Å². The molecule has 2 saturated carbocycles. The number of rotatable bonds is 4. The number of hydrogen-bond acceptors (Lipinski definition) is 1. The molecule has 1 aromatic rings. The van der Waals surface area contributed by atoms with Gasteiger partial charge in [0.05, 0.1) is 5.56 Å². The average Bonchev–Trinajstić information content (AvgIpc) is 3.11. The van der Waals surface area contributed by atoms with Gasteiger partial charge < -0.3 is 5.32 Å². The van der Waals surface area contributed by atoms with E-state index in [0.29, 0.717) is 17.5 Å². The van der Waals surface area contributed by atoms with Crippen LogP contribution in [0.2, 0.25) is 0 Å². The standard InChI is InChI=1S/C16H19F4N/c17-15-8-10(4-7-14(15)16(18,19)20)13-3-1-2-11(13)9-21-12-5-6-12/h4,7-8,11-13,21H,1-3,5-6,9H2. The third kappa shape index (κ3) is 3.39. The lowest BCUT2D eigenvalue weighted by Crippen LogP contribution is -2.26. The van der Waals surface area contributed by atoms with Crippen LogP contribution in [-0.2, 0) is 6.18 Å². The van der Waals surface area contributed by atoms with Crippen molar-refractivity contribution < 1.29 is 17.6 Å². The SMILES string of the molecule is Fc1cc(C2CCCC2CNC2CC2)ccc1C(F)(F)F. The minimum absolute atomic E-state index is 0.174. The van der Waals surface area contributed by atoms with Crippen molar-refractivity contribution in [2.24, 2.45) is 5.92 Å². The highest BCUT2D eigenvalue weighted by Gasteiger charge is 2.36. The van der Waals surface area contributed by atoms with Crippen LogP contribution in [0.4, 0.5) is 17.6 Å². The molecule has 1 aromatic carbocycles. The summed E-state index contributed by atoms with van der Waals surface area (Å²) in [5, 5.41) is 3.47. The monoisotopic (exact) mass is 301 g/mol. The summed E-state index contributed by atoms with van der Waals surface area (Å²) in [5.74, 6) is -0.574. The van der Waals surface area contributed by atoms with Crippen LogP contribution in [0, 0.1) is 11.7 Å². The van der Waals surface area contributed by atoms with E-state index in [2.05, 4.69) is 5.32 Å². The molecule has 0 amide bonds. The van der Waals surface area contributed by atoms with Gasteiger partial charge in [-0.1, -0.05) is 12.5 Å². The van der Waals surface area contributed by atoms with Crippen molar-refractivity contribution >= 4 is 0 Å². The fraction of sp³-hybridized carbons (Fsp3) is 0.625. The Balaban J connectivity index is 1.74. The van der Waals surface area contributed by atoms with Gasteiger partial charge in [0.15, 0.2) is 0 Å². The number of alkyl halides is 3. The minimum Gasteiger partial charge on any atom is -0.314 e. The summed E-state index contributed by atoms with van der Waals surface area (Å²) in [6.45, 7) is 0.887. The molecule has 0 saturated heterocycles. The lowest BCUT2D eigenvalue weighted by atomic mass is 9.88. The first-order valence-electron chi connectivity index (χ1n) is 7.55. The zero-order valence-corrected chi connectivity index (χ0v) is 11.7. The molecule has 1 N–H and O–H groups in total. The van der Waals surface area contributed by atoms with E-state index in [1.165, 1.54) is 18.9 Å². The van der Waals surface area contributed by atoms with Crippen molar-refractivity contribution in [2.45, 2.75) is 50.2 Å². The van der Waals surface area contributed by atoms with Crippen LogP contribution in [0.5, 0.6) is 0 Å². The molecule has 5 heteroatoms. The first kappa shape index (κ1) is 14.8. The van der Waals surface area contributed by atoms with Crippen molar-refractivity contribution in [3.63, 3.8) is 0 Å². The second kappa shape index (κ2) is 5.59. The topological polar surface area (TPSA) is 12.0 Å². The Morgan fingerprint density at radius 1 is 1.10 bits per heavy atom. The van der Waals surface area contributed by atoms with E-state index >= 15 is 0 Å². The molecular formula is C16H19F4N. The van der Waals surface area contributed by atoms with Gasteiger partial charge in [-0.3, -0.25) is 0 Å². The molecule has 0 radical (unpaired) electrons. The molecule has 116 valence electrons. The second-order valence-electron chi connectivity index (χ2n) is 6.22. The minimum atomic E-state index is -4.62. The van der Waals surface area contributed by atoms with Crippen molar-refractivity contribution in [3.05, 3.63) is 35.1 Å². The molecule has 0 heterocycles. The van der Waals surface area contributed by atoms with Gasteiger partial charge in [-0.25, -0.2) is 4.39 Å². The molecule has 2 fully saturated rings. The number of nitrogens with one attached hydrogen (secondary N) is 1. The maximum absolute atomic E-state index is 13.7. The predicted octanol–water partition coefficient (Wildman–Crippen LogP) is 4.48. The lowest BCUT2D eigenvalue weighted by molar-refractivity contribution is -0.140. The third-order valence-corrected chi connectivity index (χ3v) is 4.63. The van der Waals surface area contributed by atoms with Crippen molar-refractivity contribution in [1.82, 2.24) is 5.32 Å².